The molecule has 0 atom stereocenters. The van der Waals surface area contributed by atoms with Crippen LogP contribution in [0.25, 0.3) is 0 Å². The van der Waals surface area contributed by atoms with Gasteiger partial charge in [-0.25, -0.2) is 0 Å². The quantitative estimate of drug-likeness (QED) is 0.762. The molecule has 0 fully saturated rings. The number of ether oxygens (including phenoxy) is 2. The van der Waals surface area contributed by atoms with Gasteiger partial charge in [0.2, 0.25) is 0 Å². The monoisotopic (exact) mass is 293 g/mol. The molecule has 0 bridgehead atoms. The van der Waals surface area contributed by atoms with Crippen molar-refractivity contribution in [1.29, 1.82) is 0 Å². The van der Waals surface area contributed by atoms with Crippen molar-refractivity contribution in [2.75, 3.05) is 19.8 Å². The van der Waals surface area contributed by atoms with Crippen molar-refractivity contribution in [3.8, 4) is 11.5 Å². The summed E-state index contributed by atoms with van der Waals surface area (Å²) in [6.07, 6.45) is 0.977. The van der Waals surface area contributed by atoms with Gasteiger partial charge in [-0.3, -0.25) is 0 Å². The van der Waals surface area contributed by atoms with Crippen LogP contribution in [0.3, 0.4) is 0 Å². The van der Waals surface area contributed by atoms with Crippen LogP contribution in [0, 0.1) is 5.41 Å². The van der Waals surface area contributed by atoms with Crippen LogP contribution in [0.5, 0.6) is 11.5 Å². The Morgan fingerprint density at radius 3 is 2.00 bits per heavy atom. The Bertz CT molecular complexity index is 416. The predicted molar refractivity (Wildman–Crippen MR) is 89.3 cm³/mol. The van der Waals surface area contributed by atoms with Crippen molar-refractivity contribution in [3.63, 3.8) is 0 Å². The first-order chi connectivity index (χ1) is 9.67. The van der Waals surface area contributed by atoms with Gasteiger partial charge in [0.15, 0.2) is 11.5 Å². The van der Waals surface area contributed by atoms with E-state index in [2.05, 4.69) is 46.9 Å². The summed E-state index contributed by atoms with van der Waals surface area (Å²) in [6, 6.07) is 7.89. The zero-order valence-electron chi connectivity index (χ0n) is 14.5. The van der Waals surface area contributed by atoms with Crippen LogP contribution in [0.15, 0.2) is 24.3 Å². The number of hydrogen-bond donors (Lipinski definition) is 1. The molecular weight excluding hydrogens is 262 g/mol. The maximum absolute atomic E-state index is 5.87. The van der Waals surface area contributed by atoms with Gasteiger partial charge < -0.3 is 14.8 Å². The molecule has 0 heterocycles. The second kappa shape index (κ2) is 7.69. The first-order valence-corrected chi connectivity index (χ1v) is 7.77. The first kappa shape index (κ1) is 17.8. The zero-order valence-corrected chi connectivity index (χ0v) is 14.5. The molecule has 0 unspecified atom stereocenters. The van der Waals surface area contributed by atoms with Crippen molar-refractivity contribution in [2.24, 2.45) is 5.41 Å². The highest BCUT2D eigenvalue weighted by Crippen LogP contribution is 2.28. The van der Waals surface area contributed by atoms with Crippen molar-refractivity contribution in [2.45, 2.75) is 53.5 Å². The minimum absolute atomic E-state index is 0.143. The molecule has 0 radical (unpaired) electrons. The van der Waals surface area contributed by atoms with Crippen LogP contribution in [0.2, 0.25) is 0 Å². The Morgan fingerprint density at radius 2 is 1.48 bits per heavy atom. The topological polar surface area (TPSA) is 30.5 Å². The van der Waals surface area contributed by atoms with E-state index in [0.717, 1.165) is 24.5 Å². The summed E-state index contributed by atoms with van der Waals surface area (Å²) in [7, 11) is 0. The van der Waals surface area contributed by atoms with Crippen molar-refractivity contribution in [1.82, 2.24) is 5.32 Å². The first-order valence-electron chi connectivity index (χ1n) is 7.77. The third-order valence-corrected chi connectivity index (χ3v) is 2.74. The van der Waals surface area contributed by atoms with Gasteiger partial charge in [-0.05, 0) is 51.3 Å². The minimum Gasteiger partial charge on any atom is -0.490 e. The van der Waals surface area contributed by atoms with Gasteiger partial charge in [0, 0.05) is 5.54 Å². The molecule has 0 aliphatic heterocycles. The highest BCUT2D eigenvalue weighted by atomic mass is 16.5. The highest BCUT2D eigenvalue weighted by molar-refractivity contribution is 5.39. The van der Waals surface area contributed by atoms with Crippen molar-refractivity contribution >= 4 is 0 Å². The highest BCUT2D eigenvalue weighted by Gasteiger charge is 2.13. The standard InChI is InChI=1S/C18H31NO2/c1-17(2,3)14-21-16-11-8-7-10-15(16)20-13-9-12-19-18(4,5)6/h7-8,10-11,19H,9,12-14H2,1-6H3. The number of nitrogens with one attached hydrogen (secondary N) is 1. The largest absolute Gasteiger partial charge is 0.490 e. The van der Waals surface area contributed by atoms with Crippen LogP contribution in [0.1, 0.15) is 48.0 Å². The van der Waals surface area contributed by atoms with E-state index < -0.39 is 0 Å². The fourth-order valence-electron chi connectivity index (χ4n) is 1.70. The molecule has 1 N–H and O–H groups in total. The van der Waals surface area contributed by atoms with Gasteiger partial charge >= 0.3 is 0 Å². The molecule has 3 heteroatoms. The molecule has 0 saturated heterocycles. The van der Waals surface area contributed by atoms with E-state index in [1.807, 2.05) is 24.3 Å². The average Bonchev–Trinajstić information content (AvgIpc) is 2.35. The molecule has 21 heavy (non-hydrogen) atoms. The zero-order chi connectivity index (χ0) is 15.9. The Kier molecular flexibility index (Phi) is 6.53. The van der Waals surface area contributed by atoms with E-state index in [1.165, 1.54) is 0 Å². The predicted octanol–water partition coefficient (Wildman–Crippen LogP) is 4.27. The number of para-hydroxylation sites is 2. The Hall–Kier alpha value is -1.22. The minimum atomic E-state index is 0.143. The lowest BCUT2D eigenvalue weighted by Crippen LogP contribution is -2.36. The van der Waals surface area contributed by atoms with E-state index in [-0.39, 0.29) is 11.0 Å². The summed E-state index contributed by atoms with van der Waals surface area (Å²) in [4.78, 5) is 0. The molecule has 0 aliphatic rings. The summed E-state index contributed by atoms with van der Waals surface area (Å²) in [5, 5.41) is 3.46. The van der Waals surface area contributed by atoms with Gasteiger partial charge in [-0.15, -0.1) is 0 Å². The van der Waals surface area contributed by atoms with Gasteiger partial charge in [-0.1, -0.05) is 32.9 Å². The van der Waals surface area contributed by atoms with E-state index in [0.29, 0.717) is 13.2 Å². The lowest BCUT2D eigenvalue weighted by Gasteiger charge is -2.21. The van der Waals surface area contributed by atoms with Crippen molar-refractivity contribution in [3.05, 3.63) is 24.3 Å². The summed E-state index contributed by atoms with van der Waals surface area (Å²) in [5.74, 6) is 1.66. The molecule has 1 rings (SSSR count). The lowest BCUT2D eigenvalue weighted by molar-refractivity contribution is 0.187. The molecular formula is C18H31NO2. The maximum Gasteiger partial charge on any atom is 0.161 e. The molecule has 0 saturated carbocycles. The molecule has 1 aromatic carbocycles. The molecule has 0 amide bonds. The van der Waals surface area contributed by atoms with E-state index in [9.17, 15) is 0 Å². The normalized spacial score (nSPS) is 12.3. The summed E-state index contributed by atoms with van der Waals surface area (Å²) in [6.45, 7) is 15.3. The van der Waals surface area contributed by atoms with Gasteiger partial charge in [-0.2, -0.15) is 0 Å². The molecule has 120 valence electrons. The van der Waals surface area contributed by atoms with Gasteiger partial charge in [0.05, 0.1) is 13.2 Å². The Morgan fingerprint density at radius 1 is 0.905 bits per heavy atom. The SMILES string of the molecule is CC(C)(C)COc1ccccc1OCCCNC(C)(C)C. The molecule has 3 nitrogen and oxygen atoms in total. The number of hydrogen-bond acceptors (Lipinski definition) is 3. The average molecular weight is 293 g/mol. The second-order valence-corrected chi connectivity index (χ2v) is 7.67. The molecule has 0 aliphatic carbocycles. The maximum atomic E-state index is 5.87. The Balaban J connectivity index is 2.41. The fraction of sp³-hybridized carbons (Fsp3) is 0.667. The second-order valence-electron chi connectivity index (χ2n) is 7.67. The Labute approximate surface area is 130 Å². The van der Waals surface area contributed by atoms with Crippen LogP contribution >= 0.6 is 0 Å². The van der Waals surface area contributed by atoms with Gasteiger partial charge in [0.1, 0.15) is 0 Å². The van der Waals surface area contributed by atoms with E-state index >= 15 is 0 Å². The smallest absolute Gasteiger partial charge is 0.161 e. The fourth-order valence-corrected chi connectivity index (χ4v) is 1.70. The van der Waals surface area contributed by atoms with Crippen LogP contribution < -0.4 is 14.8 Å². The van der Waals surface area contributed by atoms with Crippen LogP contribution in [0.4, 0.5) is 0 Å². The van der Waals surface area contributed by atoms with Crippen LogP contribution in [-0.2, 0) is 0 Å². The molecule has 0 aromatic heterocycles. The summed E-state index contributed by atoms with van der Waals surface area (Å²) in [5.41, 5.74) is 0.303. The van der Waals surface area contributed by atoms with E-state index in [1.54, 1.807) is 0 Å². The molecule has 0 spiro atoms. The number of benzene rings is 1. The van der Waals surface area contributed by atoms with Crippen molar-refractivity contribution < 1.29 is 9.47 Å². The number of rotatable bonds is 7. The lowest BCUT2D eigenvalue weighted by atomic mass is 9.99. The third-order valence-electron chi connectivity index (χ3n) is 2.74. The third kappa shape index (κ3) is 8.61. The summed E-state index contributed by atoms with van der Waals surface area (Å²) < 4.78 is 11.7. The van der Waals surface area contributed by atoms with E-state index in [4.69, 9.17) is 9.47 Å². The van der Waals surface area contributed by atoms with Crippen LogP contribution in [-0.4, -0.2) is 25.3 Å². The van der Waals surface area contributed by atoms with Gasteiger partial charge in [0.25, 0.3) is 0 Å². The molecule has 1 aromatic rings. The summed E-state index contributed by atoms with van der Waals surface area (Å²) >= 11 is 0.